The molecule has 3 rings (SSSR count). The number of carbonyl (C=O) groups excluding carboxylic acids is 1. The summed E-state index contributed by atoms with van der Waals surface area (Å²) in [5.41, 5.74) is 1.71. The molecule has 6 heteroatoms. The Kier molecular flexibility index (Phi) is 5.75. The van der Waals surface area contributed by atoms with Crippen molar-refractivity contribution >= 4 is 28.9 Å². The number of anilines is 2. The number of hydrogen-bond acceptors (Lipinski definition) is 4. The Labute approximate surface area is 142 Å². The van der Waals surface area contributed by atoms with E-state index in [-0.39, 0.29) is 5.91 Å². The molecule has 2 saturated heterocycles. The fraction of sp³-hybridized carbons (Fsp3) is 0.588. The molecular formula is C17H24ClN3O2. The van der Waals surface area contributed by atoms with Crippen molar-refractivity contribution < 1.29 is 9.53 Å². The highest BCUT2D eigenvalue weighted by Gasteiger charge is 2.20. The summed E-state index contributed by atoms with van der Waals surface area (Å²) in [5.74, 6) is 0.688. The predicted octanol–water partition coefficient (Wildman–Crippen LogP) is 2.50. The van der Waals surface area contributed by atoms with Crippen molar-refractivity contribution in [1.82, 2.24) is 5.32 Å². The van der Waals surface area contributed by atoms with Gasteiger partial charge in [0.2, 0.25) is 5.91 Å². The minimum Gasteiger partial charge on any atom is -0.378 e. The van der Waals surface area contributed by atoms with Crippen molar-refractivity contribution in [3.63, 3.8) is 0 Å². The number of morpholine rings is 1. The number of para-hydroxylation sites is 1. The number of carbonyl (C=O) groups is 1. The minimum atomic E-state index is 0.0636. The van der Waals surface area contributed by atoms with E-state index in [0.717, 1.165) is 44.0 Å². The van der Waals surface area contributed by atoms with Gasteiger partial charge in [-0.05, 0) is 44.0 Å². The summed E-state index contributed by atoms with van der Waals surface area (Å²) in [6, 6.07) is 5.67. The van der Waals surface area contributed by atoms with Gasteiger partial charge in [-0.3, -0.25) is 4.79 Å². The summed E-state index contributed by atoms with van der Waals surface area (Å²) in [7, 11) is 0. The van der Waals surface area contributed by atoms with Crippen LogP contribution in [0.3, 0.4) is 0 Å². The molecule has 2 aliphatic heterocycles. The molecule has 0 saturated carbocycles. The van der Waals surface area contributed by atoms with Crippen LogP contribution in [0.15, 0.2) is 18.2 Å². The van der Waals surface area contributed by atoms with Gasteiger partial charge in [0.15, 0.2) is 0 Å². The molecule has 0 aromatic heterocycles. The molecule has 2 aliphatic rings. The van der Waals surface area contributed by atoms with Crippen LogP contribution >= 0.6 is 11.6 Å². The Morgan fingerprint density at radius 1 is 1.39 bits per heavy atom. The highest BCUT2D eigenvalue weighted by Crippen LogP contribution is 2.34. The molecule has 1 atom stereocenters. The van der Waals surface area contributed by atoms with E-state index >= 15 is 0 Å². The summed E-state index contributed by atoms with van der Waals surface area (Å²) < 4.78 is 5.40. The summed E-state index contributed by atoms with van der Waals surface area (Å²) in [5, 5.41) is 7.06. The van der Waals surface area contributed by atoms with E-state index in [0.29, 0.717) is 30.6 Å². The van der Waals surface area contributed by atoms with Crippen molar-refractivity contribution in [1.29, 1.82) is 0 Å². The van der Waals surface area contributed by atoms with Crippen LogP contribution in [0.25, 0.3) is 0 Å². The second-order valence-electron chi connectivity index (χ2n) is 6.18. The molecule has 2 N–H and O–H groups in total. The Balaban J connectivity index is 1.64. The molecule has 0 bridgehead atoms. The molecule has 5 nitrogen and oxygen atoms in total. The Bertz CT molecular complexity index is 541. The lowest BCUT2D eigenvalue weighted by atomic mass is 10.0. The monoisotopic (exact) mass is 337 g/mol. The largest absolute Gasteiger partial charge is 0.378 e. The number of rotatable bonds is 5. The van der Waals surface area contributed by atoms with Crippen molar-refractivity contribution in [2.45, 2.75) is 19.3 Å². The van der Waals surface area contributed by atoms with Crippen LogP contribution < -0.4 is 15.5 Å². The standard InChI is InChI=1S/C17H24ClN3O2/c18-14-2-1-3-15(17(14)21-8-10-23-11-9-21)20-16(22)5-4-13-6-7-19-12-13/h1-3,13,19H,4-12H2,(H,20,22). The van der Waals surface area contributed by atoms with Crippen LogP contribution in [-0.2, 0) is 9.53 Å². The van der Waals surface area contributed by atoms with Crippen molar-refractivity contribution in [2.24, 2.45) is 5.92 Å². The average molecular weight is 338 g/mol. The quantitative estimate of drug-likeness (QED) is 0.867. The zero-order valence-corrected chi connectivity index (χ0v) is 14.1. The second kappa shape index (κ2) is 7.99. The highest BCUT2D eigenvalue weighted by atomic mass is 35.5. The molecule has 1 unspecified atom stereocenters. The fourth-order valence-corrected chi connectivity index (χ4v) is 3.53. The SMILES string of the molecule is O=C(CCC1CCNC1)Nc1cccc(Cl)c1N1CCOCC1. The van der Waals surface area contributed by atoms with E-state index in [4.69, 9.17) is 16.3 Å². The van der Waals surface area contributed by atoms with Crippen LogP contribution in [0, 0.1) is 5.92 Å². The lowest BCUT2D eigenvalue weighted by molar-refractivity contribution is -0.116. The van der Waals surface area contributed by atoms with Crippen molar-refractivity contribution in [2.75, 3.05) is 49.6 Å². The normalized spacial score (nSPS) is 21.4. The molecule has 1 aromatic rings. The average Bonchev–Trinajstić information content (AvgIpc) is 3.07. The van der Waals surface area contributed by atoms with E-state index in [1.54, 1.807) is 0 Å². The molecule has 0 spiro atoms. The van der Waals surface area contributed by atoms with Crippen molar-refractivity contribution in [3.05, 3.63) is 23.2 Å². The van der Waals surface area contributed by atoms with Crippen LogP contribution in [0.4, 0.5) is 11.4 Å². The lowest BCUT2D eigenvalue weighted by Gasteiger charge is -2.31. The summed E-state index contributed by atoms with van der Waals surface area (Å²) >= 11 is 6.38. The van der Waals surface area contributed by atoms with Crippen LogP contribution in [0.5, 0.6) is 0 Å². The number of amides is 1. The highest BCUT2D eigenvalue weighted by molar-refractivity contribution is 6.34. The number of benzene rings is 1. The number of halogens is 1. The van der Waals surface area contributed by atoms with Gasteiger partial charge in [-0.25, -0.2) is 0 Å². The molecule has 2 fully saturated rings. The first kappa shape index (κ1) is 16.6. The maximum Gasteiger partial charge on any atom is 0.224 e. The third-order valence-electron chi connectivity index (χ3n) is 4.53. The first-order valence-corrected chi connectivity index (χ1v) is 8.73. The van der Waals surface area contributed by atoms with Gasteiger partial charge in [-0.2, -0.15) is 0 Å². The summed E-state index contributed by atoms with van der Waals surface area (Å²) in [6.45, 7) is 5.06. The molecule has 126 valence electrons. The fourth-order valence-electron chi connectivity index (χ4n) is 3.23. The van der Waals surface area contributed by atoms with Gasteiger partial charge >= 0.3 is 0 Å². The maximum atomic E-state index is 12.3. The third-order valence-corrected chi connectivity index (χ3v) is 4.84. The smallest absolute Gasteiger partial charge is 0.224 e. The molecule has 23 heavy (non-hydrogen) atoms. The zero-order valence-electron chi connectivity index (χ0n) is 13.3. The van der Waals surface area contributed by atoms with Crippen LogP contribution in [0.1, 0.15) is 19.3 Å². The van der Waals surface area contributed by atoms with Gasteiger partial charge in [0, 0.05) is 19.5 Å². The van der Waals surface area contributed by atoms with Gasteiger partial charge < -0.3 is 20.3 Å². The number of hydrogen-bond donors (Lipinski definition) is 2. The second-order valence-corrected chi connectivity index (χ2v) is 6.59. The summed E-state index contributed by atoms with van der Waals surface area (Å²) in [6.07, 6.45) is 2.66. The molecule has 0 aliphatic carbocycles. The predicted molar refractivity (Wildman–Crippen MR) is 93.3 cm³/mol. The molecule has 1 aromatic carbocycles. The van der Waals surface area contributed by atoms with Gasteiger partial charge in [-0.15, -0.1) is 0 Å². The summed E-state index contributed by atoms with van der Waals surface area (Å²) in [4.78, 5) is 14.5. The van der Waals surface area contributed by atoms with Gasteiger partial charge in [0.05, 0.1) is 29.6 Å². The molecule has 0 radical (unpaired) electrons. The number of nitrogens with one attached hydrogen (secondary N) is 2. The van der Waals surface area contributed by atoms with Gasteiger partial charge in [0.25, 0.3) is 0 Å². The van der Waals surface area contributed by atoms with E-state index < -0.39 is 0 Å². The first-order chi connectivity index (χ1) is 11.2. The van der Waals surface area contributed by atoms with E-state index in [9.17, 15) is 4.79 Å². The van der Waals surface area contributed by atoms with E-state index in [1.807, 2.05) is 18.2 Å². The van der Waals surface area contributed by atoms with E-state index in [2.05, 4.69) is 15.5 Å². The lowest BCUT2D eigenvalue weighted by Crippen LogP contribution is -2.37. The van der Waals surface area contributed by atoms with Gasteiger partial charge in [0.1, 0.15) is 0 Å². The zero-order chi connectivity index (χ0) is 16.1. The minimum absolute atomic E-state index is 0.0636. The first-order valence-electron chi connectivity index (χ1n) is 8.36. The maximum absolute atomic E-state index is 12.3. The third kappa shape index (κ3) is 4.37. The van der Waals surface area contributed by atoms with Crippen LogP contribution in [-0.4, -0.2) is 45.3 Å². The Hall–Kier alpha value is -1.30. The Morgan fingerprint density at radius 2 is 2.22 bits per heavy atom. The Morgan fingerprint density at radius 3 is 2.96 bits per heavy atom. The van der Waals surface area contributed by atoms with Gasteiger partial charge in [-0.1, -0.05) is 17.7 Å². The number of nitrogens with zero attached hydrogens (tertiary/aromatic N) is 1. The van der Waals surface area contributed by atoms with Crippen LogP contribution in [0.2, 0.25) is 5.02 Å². The topological polar surface area (TPSA) is 53.6 Å². The molecule has 2 heterocycles. The molecular weight excluding hydrogens is 314 g/mol. The van der Waals surface area contributed by atoms with E-state index in [1.165, 1.54) is 6.42 Å². The molecule has 1 amide bonds. The number of ether oxygens (including phenoxy) is 1. The van der Waals surface area contributed by atoms with Crippen molar-refractivity contribution in [3.8, 4) is 0 Å².